The van der Waals surface area contributed by atoms with Gasteiger partial charge in [0, 0.05) is 0 Å². The summed E-state index contributed by atoms with van der Waals surface area (Å²) >= 11 is 0. The molecule has 0 radical (unpaired) electrons. The van der Waals surface area contributed by atoms with Crippen LogP contribution in [0.2, 0.25) is 0 Å². The zero-order chi connectivity index (χ0) is 22.3. The Balaban J connectivity index is 2.08. The summed E-state index contributed by atoms with van der Waals surface area (Å²) in [5.41, 5.74) is 1.39. The van der Waals surface area contributed by atoms with Crippen LogP contribution in [0.25, 0.3) is 0 Å². The second-order valence-electron chi connectivity index (χ2n) is 7.22. The molecule has 2 aromatic carbocycles. The normalized spacial score (nSPS) is 13.2. The molecule has 0 bridgehead atoms. The first-order valence-corrected chi connectivity index (χ1v) is 11.6. The number of sulfonamides is 1. The van der Waals surface area contributed by atoms with Crippen LogP contribution in [0.3, 0.4) is 0 Å². The van der Waals surface area contributed by atoms with Crippen molar-refractivity contribution in [2.24, 2.45) is 0 Å². The van der Waals surface area contributed by atoms with Gasteiger partial charge in [-0.25, -0.2) is 8.42 Å². The number of benzene rings is 2. The fourth-order valence-electron chi connectivity index (χ4n) is 3.10. The second-order valence-corrected chi connectivity index (χ2v) is 9.08. The molecule has 0 saturated carbocycles. The smallest absolute Gasteiger partial charge is 0.244 e. The number of aryl methyl sites for hydroxylation is 1. The molecule has 2 aromatic rings. The number of carbonyl (C=O) groups is 1. The van der Waals surface area contributed by atoms with Gasteiger partial charge in [0.2, 0.25) is 15.9 Å². The summed E-state index contributed by atoms with van der Waals surface area (Å²) in [6, 6.07) is 13.1. The monoisotopic (exact) mass is 434 g/mol. The molecule has 1 amide bonds. The lowest BCUT2D eigenvalue weighted by Crippen LogP contribution is -2.52. The van der Waals surface area contributed by atoms with E-state index in [1.54, 1.807) is 56.5 Å². The number of hydrogen-bond acceptors (Lipinski definition) is 5. The molecule has 0 aliphatic rings. The van der Waals surface area contributed by atoms with E-state index in [4.69, 9.17) is 9.47 Å². The van der Waals surface area contributed by atoms with Crippen LogP contribution in [0.15, 0.2) is 48.5 Å². The molecule has 2 rings (SSSR count). The van der Waals surface area contributed by atoms with Crippen molar-refractivity contribution in [3.05, 3.63) is 54.1 Å². The summed E-state index contributed by atoms with van der Waals surface area (Å²) in [5.74, 6) is 1.02. The molecule has 1 N–H and O–H groups in total. The summed E-state index contributed by atoms with van der Waals surface area (Å²) < 4.78 is 37.0. The average Bonchev–Trinajstić information content (AvgIpc) is 2.69. The molecule has 164 valence electrons. The molecular formula is C22H30N2O5S. The number of methoxy groups -OCH3 is 1. The van der Waals surface area contributed by atoms with Gasteiger partial charge in [-0.3, -0.25) is 9.10 Å². The molecule has 0 fully saturated rings. The molecule has 0 aliphatic heterocycles. The van der Waals surface area contributed by atoms with E-state index in [0.29, 0.717) is 17.9 Å². The minimum Gasteiger partial charge on any atom is -0.497 e. The molecule has 0 saturated heterocycles. The maximum absolute atomic E-state index is 12.9. The highest BCUT2D eigenvalue weighted by molar-refractivity contribution is 7.92. The van der Waals surface area contributed by atoms with Crippen molar-refractivity contribution in [1.29, 1.82) is 0 Å². The highest BCUT2D eigenvalue weighted by Gasteiger charge is 2.32. The fraction of sp³-hybridized carbons (Fsp3) is 0.409. The SMILES string of the molecule is CC[C@@H](C(=O)N[C@@H](C)COc1ccc(OC)cc1)N(c1cccc(C)c1)S(C)(=O)=O. The van der Waals surface area contributed by atoms with Gasteiger partial charge in [0.1, 0.15) is 24.1 Å². The molecule has 0 aromatic heterocycles. The van der Waals surface area contributed by atoms with E-state index in [0.717, 1.165) is 17.6 Å². The zero-order valence-corrected chi connectivity index (χ0v) is 18.9. The molecule has 0 aliphatic carbocycles. The third-order valence-electron chi connectivity index (χ3n) is 4.53. The van der Waals surface area contributed by atoms with Crippen molar-refractivity contribution in [2.45, 2.75) is 39.3 Å². The maximum Gasteiger partial charge on any atom is 0.244 e. The van der Waals surface area contributed by atoms with Gasteiger partial charge < -0.3 is 14.8 Å². The Morgan fingerprint density at radius 2 is 1.77 bits per heavy atom. The van der Waals surface area contributed by atoms with Crippen molar-refractivity contribution in [3.8, 4) is 11.5 Å². The first-order valence-electron chi connectivity index (χ1n) is 9.79. The van der Waals surface area contributed by atoms with Gasteiger partial charge in [0.25, 0.3) is 0 Å². The predicted molar refractivity (Wildman–Crippen MR) is 119 cm³/mol. The molecule has 0 heterocycles. The first kappa shape index (κ1) is 23.5. The highest BCUT2D eigenvalue weighted by atomic mass is 32.2. The molecule has 0 unspecified atom stereocenters. The quantitative estimate of drug-likeness (QED) is 0.621. The van der Waals surface area contributed by atoms with Crippen molar-refractivity contribution >= 4 is 21.6 Å². The Labute approximate surface area is 179 Å². The van der Waals surface area contributed by atoms with Crippen molar-refractivity contribution in [1.82, 2.24) is 5.32 Å². The van der Waals surface area contributed by atoms with E-state index in [9.17, 15) is 13.2 Å². The van der Waals surface area contributed by atoms with Crippen LogP contribution in [0.4, 0.5) is 5.69 Å². The van der Waals surface area contributed by atoms with E-state index >= 15 is 0 Å². The minimum absolute atomic E-state index is 0.248. The number of nitrogens with one attached hydrogen (secondary N) is 1. The number of ether oxygens (including phenoxy) is 2. The summed E-state index contributed by atoms with van der Waals surface area (Å²) in [7, 11) is -2.07. The summed E-state index contributed by atoms with van der Waals surface area (Å²) in [6.07, 6.45) is 1.44. The fourth-order valence-corrected chi connectivity index (χ4v) is 4.30. The van der Waals surface area contributed by atoms with Gasteiger partial charge in [-0.2, -0.15) is 0 Å². The van der Waals surface area contributed by atoms with Crippen LogP contribution < -0.4 is 19.1 Å². The van der Waals surface area contributed by atoms with E-state index in [1.807, 2.05) is 19.9 Å². The Kier molecular flexibility index (Phi) is 8.11. The third-order valence-corrected chi connectivity index (χ3v) is 5.71. The average molecular weight is 435 g/mol. The number of nitrogens with zero attached hydrogens (tertiary/aromatic N) is 1. The van der Waals surface area contributed by atoms with Crippen LogP contribution in [0, 0.1) is 6.92 Å². The van der Waals surface area contributed by atoms with Gasteiger partial charge in [-0.15, -0.1) is 0 Å². The molecule has 0 spiro atoms. The molecule has 7 nitrogen and oxygen atoms in total. The van der Waals surface area contributed by atoms with E-state index in [-0.39, 0.29) is 18.6 Å². The van der Waals surface area contributed by atoms with Crippen LogP contribution in [0.1, 0.15) is 25.8 Å². The summed E-state index contributed by atoms with van der Waals surface area (Å²) in [4.78, 5) is 12.9. The maximum atomic E-state index is 12.9. The van der Waals surface area contributed by atoms with E-state index in [1.165, 1.54) is 4.31 Å². The standard InChI is InChI=1S/C22H30N2O5S/c1-6-21(24(30(5,26)27)18-9-7-8-16(2)14-18)22(25)23-17(3)15-29-20-12-10-19(28-4)11-13-20/h7-14,17,21H,6,15H2,1-5H3,(H,23,25)/t17-,21-/m0/s1. The lowest BCUT2D eigenvalue weighted by molar-refractivity contribution is -0.123. The predicted octanol–water partition coefficient (Wildman–Crippen LogP) is 3.13. The van der Waals surface area contributed by atoms with E-state index in [2.05, 4.69) is 5.32 Å². The highest BCUT2D eigenvalue weighted by Crippen LogP contribution is 2.23. The summed E-state index contributed by atoms with van der Waals surface area (Å²) in [6.45, 7) is 5.73. The zero-order valence-electron chi connectivity index (χ0n) is 18.1. The van der Waals surface area contributed by atoms with Crippen LogP contribution >= 0.6 is 0 Å². The lowest BCUT2D eigenvalue weighted by atomic mass is 10.1. The number of rotatable bonds is 10. The number of amides is 1. The topological polar surface area (TPSA) is 84.9 Å². The molecule has 2 atom stereocenters. The van der Waals surface area contributed by atoms with Crippen molar-refractivity contribution in [3.63, 3.8) is 0 Å². The Hall–Kier alpha value is -2.74. The van der Waals surface area contributed by atoms with Gasteiger partial charge in [-0.05, 0) is 62.2 Å². The molecule has 30 heavy (non-hydrogen) atoms. The lowest BCUT2D eigenvalue weighted by Gasteiger charge is -2.31. The van der Waals surface area contributed by atoms with Gasteiger partial charge in [0.15, 0.2) is 0 Å². The van der Waals surface area contributed by atoms with Crippen LogP contribution in [-0.2, 0) is 14.8 Å². The van der Waals surface area contributed by atoms with Gasteiger partial charge in [0.05, 0.1) is 25.1 Å². The molecule has 8 heteroatoms. The number of anilines is 1. The van der Waals surface area contributed by atoms with Crippen molar-refractivity contribution in [2.75, 3.05) is 24.3 Å². The number of carbonyl (C=O) groups excluding carboxylic acids is 1. The van der Waals surface area contributed by atoms with Gasteiger partial charge >= 0.3 is 0 Å². The largest absolute Gasteiger partial charge is 0.497 e. The summed E-state index contributed by atoms with van der Waals surface area (Å²) in [5, 5.41) is 2.87. The van der Waals surface area contributed by atoms with E-state index < -0.39 is 16.1 Å². The van der Waals surface area contributed by atoms with Crippen molar-refractivity contribution < 1.29 is 22.7 Å². The third kappa shape index (κ3) is 6.38. The van der Waals surface area contributed by atoms with Crippen LogP contribution in [-0.4, -0.2) is 46.4 Å². The number of hydrogen-bond donors (Lipinski definition) is 1. The Morgan fingerprint density at radius 3 is 2.30 bits per heavy atom. The first-order chi connectivity index (χ1) is 14.2. The Bertz CT molecular complexity index is 944. The minimum atomic E-state index is -3.66. The molecular weight excluding hydrogens is 404 g/mol. The van der Waals surface area contributed by atoms with Crippen LogP contribution in [0.5, 0.6) is 11.5 Å². The second kappa shape index (κ2) is 10.3. The van der Waals surface area contributed by atoms with Gasteiger partial charge in [-0.1, -0.05) is 19.1 Å². The Morgan fingerprint density at radius 1 is 1.13 bits per heavy atom.